The van der Waals surface area contributed by atoms with Gasteiger partial charge in [-0.25, -0.2) is 9.59 Å². The van der Waals surface area contributed by atoms with E-state index in [1.54, 1.807) is 38.1 Å². The van der Waals surface area contributed by atoms with E-state index in [1.165, 1.54) is 0 Å². The van der Waals surface area contributed by atoms with Crippen LogP contribution in [0.1, 0.15) is 47.1 Å². The Morgan fingerprint density at radius 1 is 0.840 bits per heavy atom. The van der Waals surface area contributed by atoms with Gasteiger partial charge in [0.25, 0.3) is 11.5 Å². The second kappa shape index (κ2) is 16.4. The fourth-order valence-corrected chi connectivity index (χ4v) is 1.44. The molecule has 0 aliphatic heterocycles. The van der Waals surface area contributed by atoms with Crippen LogP contribution in [-0.2, 0) is 30.4 Å². The first kappa shape index (κ1) is 24.7. The second-order valence-electron chi connectivity index (χ2n) is 3.89. The van der Waals surface area contributed by atoms with Crippen LogP contribution in [0.5, 0.6) is 0 Å². The van der Waals surface area contributed by atoms with Gasteiger partial charge in [-0.3, -0.25) is 0 Å². The van der Waals surface area contributed by atoms with Crippen LogP contribution < -0.4 is 0 Å². The van der Waals surface area contributed by atoms with Gasteiger partial charge in [0.15, 0.2) is 0 Å². The fourth-order valence-electron chi connectivity index (χ4n) is 1.44. The molecule has 1 N–H and O–H groups in total. The molecule has 6 nitrogen and oxygen atoms in total. The molecule has 0 aliphatic carbocycles. The summed E-state index contributed by atoms with van der Waals surface area (Å²) in [7, 11) is 0. The van der Waals surface area contributed by atoms with Gasteiger partial charge < -0.3 is 19.3 Å². The lowest BCUT2D eigenvalue weighted by atomic mass is 10.2. The lowest BCUT2D eigenvalue weighted by Gasteiger charge is -2.11. The Bertz CT molecular complexity index is 508. The lowest BCUT2D eigenvalue weighted by molar-refractivity contribution is -0.147. The quantitative estimate of drug-likeness (QED) is 0.450. The monoisotopic (exact) mass is 354 g/mol. The Morgan fingerprint density at radius 3 is 1.80 bits per heavy atom. The maximum absolute atomic E-state index is 11.7. The van der Waals surface area contributed by atoms with Crippen molar-refractivity contribution in [2.75, 3.05) is 13.2 Å². The Hall–Kier alpha value is -2.50. The Kier molecular flexibility index (Phi) is 16.2. The van der Waals surface area contributed by atoms with Crippen molar-refractivity contribution in [3.8, 4) is 0 Å². The van der Waals surface area contributed by atoms with Crippen LogP contribution in [0.3, 0.4) is 0 Å². The number of carbonyl (C=O) groups is 2. The molecular formula is C19H30O6. The molecule has 0 radical (unpaired) electrons. The molecule has 0 aromatic heterocycles. The Labute approximate surface area is 150 Å². The highest BCUT2D eigenvalue weighted by molar-refractivity contribution is 5.97. The summed E-state index contributed by atoms with van der Waals surface area (Å²) in [6.07, 6.45) is 0. The first-order valence-electron chi connectivity index (χ1n) is 8.54. The molecular weight excluding hydrogens is 324 g/mol. The van der Waals surface area contributed by atoms with E-state index in [4.69, 9.17) is 9.47 Å². The van der Waals surface area contributed by atoms with Crippen LogP contribution >= 0.6 is 0 Å². The smallest absolute Gasteiger partial charge is 0.377 e. The van der Waals surface area contributed by atoms with E-state index in [1.807, 2.05) is 33.8 Å². The summed E-state index contributed by atoms with van der Waals surface area (Å²) in [5.41, 5.74) is 0.774. The third-order valence-electron chi connectivity index (χ3n) is 2.37. The van der Waals surface area contributed by atoms with Gasteiger partial charge in [-0.05, 0) is 19.4 Å². The second-order valence-corrected chi connectivity index (χ2v) is 3.89. The zero-order chi connectivity index (χ0) is 19.7. The number of rotatable bonds is 7. The van der Waals surface area contributed by atoms with E-state index in [-0.39, 0.29) is 19.8 Å². The van der Waals surface area contributed by atoms with Crippen molar-refractivity contribution < 1.29 is 28.9 Å². The van der Waals surface area contributed by atoms with Gasteiger partial charge >= 0.3 is 11.9 Å². The average molecular weight is 354 g/mol. The molecule has 0 saturated heterocycles. The van der Waals surface area contributed by atoms with Crippen LogP contribution in [0.25, 0.3) is 0 Å². The minimum absolute atomic E-state index is 0.0124. The van der Waals surface area contributed by atoms with Crippen molar-refractivity contribution >= 4 is 11.9 Å². The van der Waals surface area contributed by atoms with Gasteiger partial charge in [0.2, 0.25) is 0 Å². The summed E-state index contributed by atoms with van der Waals surface area (Å²) in [6, 6.07) is 9.01. The molecule has 1 aromatic carbocycles. The molecule has 0 aliphatic rings. The predicted molar refractivity (Wildman–Crippen MR) is 96.8 cm³/mol. The molecule has 142 valence electrons. The average Bonchev–Trinajstić information content (AvgIpc) is 2.66. The predicted octanol–water partition coefficient (Wildman–Crippen LogP) is 4.15. The maximum atomic E-state index is 11.7. The summed E-state index contributed by atoms with van der Waals surface area (Å²) in [6.45, 7) is 11.4. The minimum Gasteiger partial charge on any atom is -0.499 e. The highest BCUT2D eigenvalue weighted by Gasteiger charge is 2.25. The molecule has 0 heterocycles. The summed E-state index contributed by atoms with van der Waals surface area (Å²) in [5.74, 6) is -3.40. The third kappa shape index (κ3) is 10.1. The Balaban J connectivity index is 0. The van der Waals surface area contributed by atoms with Gasteiger partial charge in [-0.2, -0.15) is 0 Å². The van der Waals surface area contributed by atoms with E-state index >= 15 is 0 Å². The molecule has 25 heavy (non-hydrogen) atoms. The maximum Gasteiger partial charge on any atom is 0.377 e. The molecule has 0 atom stereocenters. The number of hydrogen-bond donors (Lipinski definition) is 1. The number of esters is 2. The molecule has 0 unspecified atom stereocenters. The molecule has 0 fully saturated rings. The van der Waals surface area contributed by atoms with E-state index in [0.717, 1.165) is 5.56 Å². The van der Waals surface area contributed by atoms with Gasteiger partial charge in [-0.1, -0.05) is 58.0 Å². The molecule has 0 spiro atoms. The van der Waals surface area contributed by atoms with Crippen molar-refractivity contribution in [3.63, 3.8) is 0 Å². The minimum atomic E-state index is -1.03. The number of aliphatic hydroxyl groups excluding tert-OH is 1. The zero-order valence-electron chi connectivity index (χ0n) is 16.0. The highest BCUT2D eigenvalue weighted by Crippen LogP contribution is 2.12. The summed E-state index contributed by atoms with van der Waals surface area (Å²) >= 11 is 0. The van der Waals surface area contributed by atoms with E-state index < -0.39 is 23.5 Å². The highest BCUT2D eigenvalue weighted by atomic mass is 16.6. The van der Waals surface area contributed by atoms with Crippen LogP contribution in [0.4, 0.5) is 0 Å². The van der Waals surface area contributed by atoms with Crippen LogP contribution in [-0.4, -0.2) is 30.3 Å². The van der Waals surface area contributed by atoms with Crippen molar-refractivity contribution in [3.05, 3.63) is 47.4 Å². The molecule has 1 aromatic rings. The molecule has 0 amide bonds. The molecule has 0 saturated carbocycles. The summed E-state index contributed by atoms with van der Waals surface area (Å²) < 4.78 is 14.6. The SMILES string of the molecule is CC.CC.CCOC(=O)/C(O)=C(\OCc1ccccc1)C(=O)OCC. The molecule has 1 rings (SSSR count). The van der Waals surface area contributed by atoms with Crippen LogP contribution in [0.15, 0.2) is 41.9 Å². The molecule has 6 heteroatoms. The van der Waals surface area contributed by atoms with Gasteiger partial charge in [-0.15, -0.1) is 0 Å². The van der Waals surface area contributed by atoms with E-state index in [9.17, 15) is 14.7 Å². The number of benzene rings is 1. The van der Waals surface area contributed by atoms with Crippen molar-refractivity contribution in [2.45, 2.75) is 48.1 Å². The van der Waals surface area contributed by atoms with Crippen molar-refractivity contribution in [1.29, 1.82) is 0 Å². The van der Waals surface area contributed by atoms with Gasteiger partial charge in [0.05, 0.1) is 13.2 Å². The lowest BCUT2D eigenvalue weighted by Crippen LogP contribution is -2.18. The van der Waals surface area contributed by atoms with Crippen molar-refractivity contribution in [2.24, 2.45) is 0 Å². The normalized spacial score (nSPS) is 10.0. The van der Waals surface area contributed by atoms with Crippen LogP contribution in [0, 0.1) is 0 Å². The van der Waals surface area contributed by atoms with Gasteiger partial charge in [0.1, 0.15) is 6.61 Å². The van der Waals surface area contributed by atoms with Crippen molar-refractivity contribution in [1.82, 2.24) is 0 Å². The summed E-state index contributed by atoms with van der Waals surface area (Å²) in [4.78, 5) is 23.2. The van der Waals surface area contributed by atoms with Crippen LogP contribution in [0.2, 0.25) is 0 Å². The number of ether oxygens (including phenoxy) is 3. The molecule has 0 bridgehead atoms. The van der Waals surface area contributed by atoms with Gasteiger partial charge in [0, 0.05) is 0 Å². The zero-order valence-corrected chi connectivity index (χ0v) is 16.0. The van der Waals surface area contributed by atoms with E-state index in [2.05, 4.69) is 4.74 Å². The van der Waals surface area contributed by atoms with E-state index in [0.29, 0.717) is 0 Å². The first-order valence-corrected chi connectivity index (χ1v) is 8.54. The number of hydrogen-bond acceptors (Lipinski definition) is 6. The number of carbonyl (C=O) groups excluding carboxylic acids is 2. The summed E-state index contributed by atoms with van der Waals surface area (Å²) in [5, 5.41) is 9.76. The largest absolute Gasteiger partial charge is 0.499 e. The topological polar surface area (TPSA) is 82.1 Å². The fraction of sp³-hybridized carbons (Fsp3) is 0.474. The standard InChI is InChI=1S/C15H18O6.2C2H6/c1-3-19-14(17)12(16)13(15(18)20-4-2)21-10-11-8-6-5-7-9-11;2*1-2/h5-9,16H,3-4,10H2,1-2H3;2*1-2H3/b13-12+;;. The Morgan fingerprint density at radius 2 is 1.32 bits per heavy atom. The third-order valence-corrected chi connectivity index (χ3v) is 2.37. The number of aliphatic hydroxyl groups is 1. The first-order chi connectivity index (χ1) is 12.1.